The molecule has 0 unspecified atom stereocenters. The van der Waals surface area contributed by atoms with Gasteiger partial charge in [0.25, 0.3) is 0 Å². The zero-order valence-corrected chi connectivity index (χ0v) is 15.7. The van der Waals surface area contributed by atoms with E-state index in [1.54, 1.807) is 22.7 Å². The average molecular weight is 373 g/mol. The van der Waals surface area contributed by atoms with Crippen LogP contribution in [0.2, 0.25) is 0 Å². The summed E-state index contributed by atoms with van der Waals surface area (Å²) in [7, 11) is 0. The number of aryl methyl sites for hydroxylation is 1. The molecule has 0 bridgehead atoms. The number of thiophene rings is 1. The van der Waals surface area contributed by atoms with Crippen molar-refractivity contribution in [1.29, 1.82) is 0 Å². The number of rotatable bonds is 8. The first kappa shape index (κ1) is 17.6. The number of benzene rings is 1. The van der Waals surface area contributed by atoms with Crippen LogP contribution < -0.4 is 10.1 Å². The summed E-state index contributed by atoms with van der Waals surface area (Å²) in [5.41, 5.74) is 3.12. The summed E-state index contributed by atoms with van der Waals surface area (Å²) in [5.74, 6) is 0.868. The number of hydrogen-bond acceptors (Lipinski definition) is 5. The second kappa shape index (κ2) is 8.78. The van der Waals surface area contributed by atoms with Gasteiger partial charge in [-0.15, -0.1) is 11.3 Å². The van der Waals surface area contributed by atoms with Crippen LogP contribution in [-0.2, 0) is 11.2 Å². The molecule has 1 amide bonds. The third-order valence-electron chi connectivity index (χ3n) is 3.56. The van der Waals surface area contributed by atoms with Gasteiger partial charge >= 0.3 is 0 Å². The molecular formula is C19H20N2O2S2. The SMILES string of the molecule is Cc1cccc(OCCCNC(=O)Cc2csc(-c3ccsc3)n2)c1. The Balaban J connectivity index is 1.36. The first-order valence-electron chi connectivity index (χ1n) is 8.14. The van der Waals surface area contributed by atoms with Crippen molar-refractivity contribution in [3.8, 4) is 16.3 Å². The molecule has 4 nitrogen and oxygen atoms in total. The number of nitrogens with zero attached hydrogens (tertiary/aromatic N) is 1. The van der Waals surface area contributed by atoms with E-state index in [-0.39, 0.29) is 5.91 Å². The van der Waals surface area contributed by atoms with E-state index in [1.807, 2.05) is 48.0 Å². The highest BCUT2D eigenvalue weighted by Crippen LogP contribution is 2.25. The topological polar surface area (TPSA) is 51.2 Å². The van der Waals surface area contributed by atoms with E-state index in [0.29, 0.717) is 19.6 Å². The number of nitrogens with one attached hydrogen (secondary N) is 1. The molecule has 1 aromatic carbocycles. The van der Waals surface area contributed by atoms with Crippen molar-refractivity contribution in [3.05, 3.63) is 57.7 Å². The Morgan fingerprint density at radius 1 is 1.28 bits per heavy atom. The van der Waals surface area contributed by atoms with Gasteiger partial charge in [0.05, 0.1) is 18.7 Å². The second-order valence-electron chi connectivity index (χ2n) is 5.70. The lowest BCUT2D eigenvalue weighted by atomic mass is 10.2. The molecule has 0 atom stereocenters. The minimum Gasteiger partial charge on any atom is -0.494 e. The first-order chi connectivity index (χ1) is 12.2. The first-order valence-corrected chi connectivity index (χ1v) is 9.96. The molecule has 2 heterocycles. The maximum atomic E-state index is 12.0. The van der Waals surface area contributed by atoms with E-state index in [1.165, 1.54) is 5.56 Å². The molecule has 130 valence electrons. The molecule has 0 radical (unpaired) electrons. The number of ether oxygens (including phenoxy) is 1. The van der Waals surface area contributed by atoms with Gasteiger partial charge in [0, 0.05) is 22.9 Å². The summed E-state index contributed by atoms with van der Waals surface area (Å²) in [5, 5.41) is 9.94. The molecule has 0 aliphatic heterocycles. The molecule has 0 aliphatic carbocycles. The van der Waals surface area contributed by atoms with Gasteiger partial charge in [-0.3, -0.25) is 4.79 Å². The fraction of sp³-hybridized carbons (Fsp3) is 0.263. The molecule has 0 fully saturated rings. The molecule has 0 spiro atoms. The van der Waals surface area contributed by atoms with Crippen molar-refractivity contribution in [3.63, 3.8) is 0 Å². The molecule has 3 aromatic rings. The van der Waals surface area contributed by atoms with Gasteiger partial charge in [-0.25, -0.2) is 4.98 Å². The van der Waals surface area contributed by atoms with Crippen molar-refractivity contribution < 1.29 is 9.53 Å². The van der Waals surface area contributed by atoms with E-state index in [2.05, 4.69) is 15.7 Å². The molecule has 1 N–H and O–H groups in total. The lowest BCUT2D eigenvalue weighted by Crippen LogP contribution is -2.27. The van der Waals surface area contributed by atoms with Gasteiger partial charge in [0.15, 0.2) is 0 Å². The van der Waals surface area contributed by atoms with Crippen LogP contribution in [0, 0.1) is 6.92 Å². The van der Waals surface area contributed by atoms with E-state index in [0.717, 1.165) is 28.4 Å². The Kier molecular flexibility index (Phi) is 6.19. The molecule has 0 aliphatic rings. The highest BCUT2D eigenvalue weighted by Gasteiger charge is 2.09. The maximum absolute atomic E-state index is 12.0. The Morgan fingerprint density at radius 2 is 2.20 bits per heavy atom. The standard InChI is InChI=1S/C19H20N2O2S2/c1-14-4-2-5-17(10-14)23-8-3-7-20-18(22)11-16-13-25-19(21-16)15-6-9-24-12-15/h2,4-6,9-10,12-13H,3,7-8,11H2,1H3,(H,20,22). The maximum Gasteiger partial charge on any atom is 0.226 e. The number of carbonyl (C=O) groups is 1. The molecule has 0 saturated heterocycles. The number of amides is 1. The van der Waals surface area contributed by atoms with Gasteiger partial charge in [0.1, 0.15) is 10.8 Å². The fourth-order valence-electron chi connectivity index (χ4n) is 2.33. The summed E-state index contributed by atoms with van der Waals surface area (Å²) < 4.78 is 5.67. The Hall–Kier alpha value is -2.18. The molecule has 2 aromatic heterocycles. The zero-order chi connectivity index (χ0) is 17.5. The van der Waals surface area contributed by atoms with Crippen LogP contribution in [0.15, 0.2) is 46.5 Å². The summed E-state index contributed by atoms with van der Waals surface area (Å²) in [6.45, 7) is 3.23. The van der Waals surface area contributed by atoms with Crippen LogP contribution >= 0.6 is 22.7 Å². The summed E-state index contributed by atoms with van der Waals surface area (Å²) in [6.07, 6.45) is 1.09. The summed E-state index contributed by atoms with van der Waals surface area (Å²) >= 11 is 3.22. The van der Waals surface area contributed by atoms with Gasteiger partial charge in [-0.05, 0) is 42.5 Å². The summed E-state index contributed by atoms with van der Waals surface area (Å²) in [6, 6.07) is 10.0. The van der Waals surface area contributed by atoms with Gasteiger partial charge in [-0.1, -0.05) is 12.1 Å². The quantitative estimate of drug-likeness (QED) is 0.600. The van der Waals surface area contributed by atoms with E-state index in [4.69, 9.17) is 4.74 Å². The third kappa shape index (κ3) is 5.41. The van der Waals surface area contributed by atoms with Gasteiger partial charge in [-0.2, -0.15) is 11.3 Å². The van der Waals surface area contributed by atoms with Crippen LogP contribution in [0.5, 0.6) is 5.75 Å². The van der Waals surface area contributed by atoms with Crippen LogP contribution in [0.4, 0.5) is 0 Å². The monoisotopic (exact) mass is 372 g/mol. The predicted octanol–water partition coefficient (Wildman–Crippen LogP) is 4.31. The van der Waals surface area contributed by atoms with E-state index >= 15 is 0 Å². The average Bonchev–Trinajstić information content (AvgIpc) is 3.26. The molecule has 0 saturated carbocycles. The lowest BCUT2D eigenvalue weighted by molar-refractivity contribution is -0.120. The van der Waals surface area contributed by atoms with Crippen molar-refractivity contribution >= 4 is 28.6 Å². The highest BCUT2D eigenvalue weighted by molar-refractivity contribution is 7.14. The number of thiazole rings is 1. The van der Waals surface area contributed by atoms with Crippen LogP contribution in [0.25, 0.3) is 10.6 Å². The molecule has 6 heteroatoms. The van der Waals surface area contributed by atoms with Gasteiger partial charge in [0.2, 0.25) is 5.91 Å². The largest absolute Gasteiger partial charge is 0.494 e. The van der Waals surface area contributed by atoms with Crippen molar-refractivity contribution in [2.75, 3.05) is 13.2 Å². The normalized spacial score (nSPS) is 10.6. The van der Waals surface area contributed by atoms with E-state index in [9.17, 15) is 4.79 Å². The lowest BCUT2D eigenvalue weighted by Gasteiger charge is -2.07. The molecule has 25 heavy (non-hydrogen) atoms. The Labute approximate surface area is 155 Å². The highest BCUT2D eigenvalue weighted by atomic mass is 32.1. The zero-order valence-electron chi connectivity index (χ0n) is 14.0. The van der Waals surface area contributed by atoms with Crippen LogP contribution in [0.1, 0.15) is 17.7 Å². The van der Waals surface area contributed by atoms with Crippen LogP contribution in [-0.4, -0.2) is 24.0 Å². The minimum atomic E-state index is -0.00211. The second-order valence-corrected chi connectivity index (χ2v) is 7.34. The minimum absolute atomic E-state index is 0.00211. The number of carbonyl (C=O) groups excluding carboxylic acids is 1. The predicted molar refractivity (Wildman–Crippen MR) is 103 cm³/mol. The third-order valence-corrected chi connectivity index (χ3v) is 5.19. The molecular weight excluding hydrogens is 352 g/mol. The Morgan fingerprint density at radius 3 is 3.00 bits per heavy atom. The van der Waals surface area contributed by atoms with Crippen molar-refractivity contribution in [2.24, 2.45) is 0 Å². The molecule has 3 rings (SSSR count). The van der Waals surface area contributed by atoms with Gasteiger partial charge < -0.3 is 10.1 Å². The number of aromatic nitrogens is 1. The fourth-order valence-corrected chi connectivity index (χ4v) is 3.86. The summed E-state index contributed by atoms with van der Waals surface area (Å²) in [4.78, 5) is 16.5. The van der Waals surface area contributed by atoms with E-state index < -0.39 is 0 Å². The van der Waals surface area contributed by atoms with Crippen molar-refractivity contribution in [1.82, 2.24) is 10.3 Å². The smallest absolute Gasteiger partial charge is 0.226 e. The van der Waals surface area contributed by atoms with Crippen molar-refractivity contribution in [2.45, 2.75) is 19.8 Å². The van der Waals surface area contributed by atoms with Crippen LogP contribution in [0.3, 0.4) is 0 Å². The Bertz CT molecular complexity index is 812. The number of hydrogen-bond donors (Lipinski definition) is 1.